The molecule has 0 unspecified atom stereocenters. The molecule has 0 aromatic heterocycles. The van der Waals surface area contributed by atoms with E-state index >= 15 is 0 Å². The molecular weight excluding hydrogens is 266 g/mol. The number of hydrogen-bond acceptors (Lipinski definition) is 3. The third-order valence-corrected chi connectivity index (χ3v) is 3.16. The Morgan fingerprint density at radius 3 is 2.60 bits per heavy atom. The fourth-order valence-electron chi connectivity index (χ4n) is 2.10. The zero-order valence-corrected chi connectivity index (χ0v) is 11.3. The van der Waals surface area contributed by atoms with Crippen molar-refractivity contribution < 1.29 is 18.3 Å². The van der Waals surface area contributed by atoms with Gasteiger partial charge in [-0.1, -0.05) is 0 Å². The van der Waals surface area contributed by atoms with Crippen LogP contribution in [0.25, 0.3) is 0 Å². The summed E-state index contributed by atoms with van der Waals surface area (Å²) in [5, 5.41) is 2.73. The van der Waals surface area contributed by atoms with Crippen molar-refractivity contribution in [3.05, 3.63) is 24.3 Å². The molecule has 1 aliphatic heterocycles. The van der Waals surface area contributed by atoms with Gasteiger partial charge in [0.1, 0.15) is 5.75 Å². The standard InChI is InChI=1S/C14H18F2N2O2/c1-2-20-12-5-3-11(4-6-12)17-13(19)9-18-7-10(8-18)14(15)16/h3-6,10,14H,2,7-9H2,1H3,(H,17,19). The average Bonchev–Trinajstić information content (AvgIpc) is 2.35. The number of carbonyl (C=O) groups is 1. The Morgan fingerprint density at radius 2 is 2.05 bits per heavy atom. The van der Waals surface area contributed by atoms with Crippen molar-refractivity contribution in [1.82, 2.24) is 4.90 Å². The van der Waals surface area contributed by atoms with Crippen molar-refractivity contribution in [1.29, 1.82) is 0 Å². The van der Waals surface area contributed by atoms with Gasteiger partial charge in [0.15, 0.2) is 0 Å². The van der Waals surface area contributed by atoms with Crippen LogP contribution in [0.4, 0.5) is 14.5 Å². The van der Waals surface area contributed by atoms with Crippen molar-refractivity contribution in [3.63, 3.8) is 0 Å². The number of hydrogen-bond donors (Lipinski definition) is 1. The zero-order chi connectivity index (χ0) is 14.5. The van der Waals surface area contributed by atoms with E-state index in [4.69, 9.17) is 4.74 Å². The number of carbonyl (C=O) groups excluding carboxylic acids is 1. The molecule has 1 heterocycles. The normalized spacial score (nSPS) is 16.0. The minimum absolute atomic E-state index is 0.149. The van der Waals surface area contributed by atoms with Crippen molar-refractivity contribution in [2.45, 2.75) is 13.3 Å². The molecule has 0 saturated carbocycles. The van der Waals surface area contributed by atoms with E-state index in [1.54, 1.807) is 29.2 Å². The smallest absolute Gasteiger partial charge is 0.243 e. The number of rotatable bonds is 6. The highest BCUT2D eigenvalue weighted by atomic mass is 19.3. The maximum atomic E-state index is 12.3. The Morgan fingerprint density at radius 1 is 1.40 bits per heavy atom. The molecule has 0 radical (unpaired) electrons. The van der Waals surface area contributed by atoms with E-state index in [0.717, 1.165) is 5.75 Å². The van der Waals surface area contributed by atoms with Crippen LogP contribution in [0.15, 0.2) is 24.3 Å². The summed E-state index contributed by atoms with van der Waals surface area (Å²) >= 11 is 0. The van der Waals surface area contributed by atoms with Gasteiger partial charge in [0.05, 0.1) is 13.2 Å². The van der Waals surface area contributed by atoms with Gasteiger partial charge in [-0.25, -0.2) is 8.78 Å². The van der Waals surface area contributed by atoms with E-state index in [2.05, 4.69) is 5.32 Å². The van der Waals surface area contributed by atoms with Crippen molar-refractivity contribution in [2.24, 2.45) is 5.92 Å². The summed E-state index contributed by atoms with van der Waals surface area (Å²) in [4.78, 5) is 13.4. The van der Waals surface area contributed by atoms with Gasteiger partial charge >= 0.3 is 0 Å². The van der Waals surface area contributed by atoms with E-state index in [-0.39, 0.29) is 25.5 Å². The van der Waals surface area contributed by atoms with Crippen LogP contribution >= 0.6 is 0 Å². The molecule has 1 aliphatic rings. The van der Waals surface area contributed by atoms with Gasteiger partial charge in [-0.15, -0.1) is 0 Å². The Bertz CT molecular complexity index is 445. The molecule has 0 bridgehead atoms. The summed E-state index contributed by atoms with van der Waals surface area (Å²) in [6.07, 6.45) is -2.29. The first-order valence-corrected chi connectivity index (χ1v) is 6.61. The van der Waals surface area contributed by atoms with Gasteiger partial charge < -0.3 is 10.1 Å². The molecule has 110 valence electrons. The average molecular weight is 284 g/mol. The molecule has 20 heavy (non-hydrogen) atoms. The van der Waals surface area contributed by atoms with Crippen LogP contribution in [0.1, 0.15) is 6.92 Å². The number of nitrogens with one attached hydrogen (secondary N) is 1. The summed E-state index contributed by atoms with van der Waals surface area (Å²) in [5.41, 5.74) is 0.671. The number of alkyl halides is 2. The largest absolute Gasteiger partial charge is 0.494 e. The Labute approximate surface area is 116 Å². The molecule has 0 atom stereocenters. The molecule has 1 fully saturated rings. The lowest BCUT2D eigenvalue weighted by molar-refractivity contribution is -0.120. The molecule has 0 aliphatic carbocycles. The molecule has 2 rings (SSSR count). The first kappa shape index (κ1) is 14.7. The number of benzene rings is 1. The highest BCUT2D eigenvalue weighted by molar-refractivity contribution is 5.92. The van der Waals surface area contributed by atoms with Crippen LogP contribution in [0.2, 0.25) is 0 Å². The summed E-state index contributed by atoms with van der Waals surface area (Å²) in [7, 11) is 0. The topological polar surface area (TPSA) is 41.6 Å². The monoisotopic (exact) mass is 284 g/mol. The maximum Gasteiger partial charge on any atom is 0.243 e. The number of anilines is 1. The van der Waals surface area contributed by atoms with Crippen LogP contribution < -0.4 is 10.1 Å². The lowest BCUT2D eigenvalue weighted by atomic mass is 10.0. The summed E-state index contributed by atoms with van der Waals surface area (Å²) < 4.78 is 29.9. The molecule has 0 spiro atoms. The predicted molar refractivity (Wildman–Crippen MR) is 72.2 cm³/mol. The third-order valence-electron chi connectivity index (χ3n) is 3.16. The number of nitrogens with zero attached hydrogens (tertiary/aromatic N) is 1. The van der Waals surface area contributed by atoms with Gasteiger partial charge in [-0.05, 0) is 31.2 Å². The summed E-state index contributed by atoms with van der Waals surface area (Å²) in [6.45, 7) is 3.21. The summed E-state index contributed by atoms with van der Waals surface area (Å²) in [5.74, 6) is -0.0387. The Kier molecular flexibility index (Phi) is 4.89. The lowest BCUT2D eigenvalue weighted by Crippen LogP contribution is -2.52. The van der Waals surface area contributed by atoms with Crippen molar-refractivity contribution in [2.75, 3.05) is 31.6 Å². The molecule has 4 nitrogen and oxygen atoms in total. The number of halogens is 2. The van der Waals surface area contributed by atoms with E-state index in [1.807, 2.05) is 6.92 Å². The highest BCUT2D eigenvalue weighted by Crippen LogP contribution is 2.22. The second kappa shape index (κ2) is 6.65. The zero-order valence-electron chi connectivity index (χ0n) is 11.3. The first-order chi connectivity index (χ1) is 9.58. The molecule has 1 aromatic carbocycles. The van der Waals surface area contributed by atoms with Gasteiger partial charge in [-0.2, -0.15) is 0 Å². The minimum Gasteiger partial charge on any atom is -0.494 e. The van der Waals surface area contributed by atoms with Crippen LogP contribution in [0.5, 0.6) is 5.75 Å². The van der Waals surface area contributed by atoms with Gasteiger partial charge in [0.2, 0.25) is 12.3 Å². The van der Waals surface area contributed by atoms with Crippen LogP contribution in [-0.2, 0) is 4.79 Å². The molecule has 1 saturated heterocycles. The Balaban J connectivity index is 1.74. The molecule has 6 heteroatoms. The summed E-state index contributed by atoms with van der Waals surface area (Å²) in [6, 6.07) is 7.05. The highest BCUT2D eigenvalue weighted by Gasteiger charge is 2.34. The minimum atomic E-state index is -2.29. The number of amides is 1. The Hall–Kier alpha value is -1.69. The van der Waals surface area contributed by atoms with Crippen molar-refractivity contribution in [3.8, 4) is 5.75 Å². The van der Waals surface area contributed by atoms with E-state index in [1.165, 1.54) is 0 Å². The second-order valence-electron chi connectivity index (χ2n) is 4.79. The second-order valence-corrected chi connectivity index (χ2v) is 4.79. The number of likely N-dealkylation sites (tertiary alicyclic amines) is 1. The maximum absolute atomic E-state index is 12.3. The van der Waals surface area contributed by atoms with Crippen LogP contribution in [0.3, 0.4) is 0 Å². The first-order valence-electron chi connectivity index (χ1n) is 6.61. The van der Waals surface area contributed by atoms with Gasteiger partial charge in [0, 0.05) is 24.7 Å². The fraction of sp³-hybridized carbons (Fsp3) is 0.500. The van der Waals surface area contributed by atoms with E-state index in [0.29, 0.717) is 12.3 Å². The van der Waals surface area contributed by atoms with E-state index < -0.39 is 12.3 Å². The SMILES string of the molecule is CCOc1ccc(NC(=O)CN2CC(C(F)F)C2)cc1. The molecular formula is C14H18F2N2O2. The third kappa shape index (κ3) is 3.90. The van der Waals surface area contributed by atoms with Crippen LogP contribution in [-0.4, -0.2) is 43.5 Å². The quantitative estimate of drug-likeness (QED) is 0.871. The number of ether oxygens (including phenoxy) is 1. The van der Waals surface area contributed by atoms with E-state index in [9.17, 15) is 13.6 Å². The van der Waals surface area contributed by atoms with Gasteiger partial charge in [-0.3, -0.25) is 9.69 Å². The van der Waals surface area contributed by atoms with Crippen LogP contribution in [0, 0.1) is 5.92 Å². The molecule has 1 N–H and O–H groups in total. The molecule has 1 aromatic rings. The predicted octanol–water partition coefficient (Wildman–Crippen LogP) is 2.22. The van der Waals surface area contributed by atoms with Crippen molar-refractivity contribution >= 4 is 11.6 Å². The lowest BCUT2D eigenvalue weighted by Gasteiger charge is -2.38. The van der Waals surface area contributed by atoms with Gasteiger partial charge in [0.25, 0.3) is 0 Å². The molecule has 1 amide bonds. The fourth-order valence-corrected chi connectivity index (χ4v) is 2.10.